The molecule has 4 aromatic rings. The fourth-order valence-electron chi connectivity index (χ4n) is 4.86. The van der Waals surface area contributed by atoms with Crippen LogP contribution in [-0.4, -0.2) is 52.6 Å². The number of hydrogen-bond acceptors (Lipinski definition) is 7. The topological polar surface area (TPSA) is 123 Å². The lowest BCUT2D eigenvalue weighted by Crippen LogP contribution is -2.52. The molecule has 0 aliphatic carbocycles. The normalized spacial score (nSPS) is 14.1. The second kappa shape index (κ2) is 14.2. The van der Waals surface area contributed by atoms with Gasteiger partial charge in [-0.05, 0) is 86.0 Å². The van der Waals surface area contributed by atoms with Crippen molar-refractivity contribution >= 4 is 33.2 Å². The average Bonchev–Trinajstić information content (AvgIpc) is 3.05. The minimum atomic E-state index is -3.87. The Morgan fingerprint density at radius 3 is 2.40 bits per heavy atom. The van der Waals surface area contributed by atoms with E-state index in [4.69, 9.17) is 14.2 Å². The molecule has 45 heavy (non-hydrogen) atoms. The molecule has 11 heteroatoms. The predicted molar refractivity (Wildman–Crippen MR) is 171 cm³/mol. The molecule has 2 N–H and O–H groups in total. The van der Waals surface area contributed by atoms with Gasteiger partial charge in [-0.2, -0.15) is 0 Å². The summed E-state index contributed by atoms with van der Waals surface area (Å²) in [6, 6.07) is 27.9. The summed E-state index contributed by atoms with van der Waals surface area (Å²) in [6.07, 6.45) is -0.225. The lowest BCUT2D eigenvalue weighted by atomic mass is 10.1. The summed E-state index contributed by atoms with van der Waals surface area (Å²) in [6.45, 7) is 4.21. The van der Waals surface area contributed by atoms with Crippen LogP contribution in [0.1, 0.15) is 18.1 Å². The monoisotopic (exact) mass is 629 g/mol. The van der Waals surface area contributed by atoms with Crippen LogP contribution in [0.15, 0.2) is 102 Å². The van der Waals surface area contributed by atoms with Crippen LogP contribution in [0.4, 0.5) is 11.4 Å². The first-order chi connectivity index (χ1) is 21.7. The van der Waals surface area contributed by atoms with Gasteiger partial charge in [0.15, 0.2) is 12.7 Å². The average molecular weight is 630 g/mol. The van der Waals surface area contributed by atoms with Crippen molar-refractivity contribution in [3.8, 4) is 17.2 Å². The number of carbonyl (C=O) groups is 2. The Balaban J connectivity index is 1.21. The quantitative estimate of drug-likeness (QED) is 0.232. The Bertz CT molecular complexity index is 1750. The van der Waals surface area contributed by atoms with Crippen molar-refractivity contribution in [3.63, 3.8) is 0 Å². The number of benzene rings is 4. The molecule has 1 atom stereocenters. The number of para-hydroxylation sites is 2. The van der Waals surface area contributed by atoms with Gasteiger partial charge in [0.05, 0.1) is 23.7 Å². The van der Waals surface area contributed by atoms with Gasteiger partial charge in [-0.25, -0.2) is 8.42 Å². The summed E-state index contributed by atoms with van der Waals surface area (Å²) in [4.78, 5) is 27.9. The minimum Gasteiger partial charge on any atom is -0.494 e. The molecule has 0 bridgehead atoms. The molecule has 0 fully saturated rings. The number of rotatable bonds is 12. The summed E-state index contributed by atoms with van der Waals surface area (Å²) in [5, 5.41) is 2.90. The highest BCUT2D eigenvalue weighted by atomic mass is 32.2. The number of nitrogens with zero attached hydrogens (tertiary/aromatic N) is 1. The smallest absolute Gasteiger partial charge is 0.265 e. The highest BCUT2D eigenvalue weighted by Crippen LogP contribution is 2.33. The van der Waals surface area contributed by atoms with E-state index in [1.165, 1.54) is 23.1 Å². The lowest BCUT2D eigenvalue weighted by molar-refractivity contribution is -0.128. The number of hydrogen-bond donors (Lipinski definition) is 2. The van der Waals surface area contributed by atoms with E-state index in [0.717, 1.165) is 5.56 Å². The van der Waals surface area contributed by atoms with E-state index < -0.39 is 16.1 Å². The third-order valence-corrected chi connectivity index (χ3v) is 8.53. The first-order valence-corrected chi connectivity index (χ1v) is 16.1. The van der Waals surface area contributed by atoms with Crippen molar-refractivity contribution in [1.82, 2.24) is 5.32 Å². The zero-order valence-corrected chi connectivity index (χ0v) is 25.9. The van der Waals surface area contributed by atoms with Crippen LogP contribution in [-0.2, 0) is 26.0 Å². The second-order valence-electron chi connectivity index (χ2n) is 10.4. The van der Waals surface area contributed by atoms with Crippen molar-refractivity contribution in [2.24, 2.45) is 0 Å². The van der Waals surface area contributed by atoms with Gasteiger partial charge in [-0.1, -0.05) is 42.5 Å². The molecule has 1 aliphatic rings. The van der Waals surface area contributed by atoms with Crippen LogP contribution in [0.3, 0.4) is 0 Å². The molecule has 0 radical (unpaired) electrons. The Morgan fingerprint density at radius 1 is 0.933 bits per heavy atom. The lowest BCUT2D eigenvalue weighted by Gasteiger charge is -2.34. The van der Waals surface area contributed by atoms with Gasteiger partial charge in [0, 0.05) is 12.2 Å². The van der Waals surface area contributed by atoms with Crippen LogP contribution in [0.25, 0.3) is 0 Å². The van der Waals surface area contributed by atoms with E-state index in [9.17, 15) is 18.0 Å². The van der Waals surface area contributed by atoms with Crippen molar-refractivity contribution in [3.05, 3.63) is 108 Å². The number of fused-ring (bicyclic) bond motifs is 1. The highest BCUT2D eigenvalue weighted by Gasteiger charge is 2.34. The minimum absolute atomic E-state index is 0.0176. The van der Waals surface area contributed by atoms with E-state index in [1.54, 1.807) is 55.5 Å². The number of sulfonamides is 1. The van der Waals surface area contributed by atoms with Crippen LogP contribution in [0, 0.1) is 6.92 Å². The third-order valence-electron chi connectivity index (χ3n) is 7.15. The number of ether oxygens (including phenoxy) is 3. The number of aryl methyl sites for hydroxylation is 1. The van der Waals surface area contributed by atoms with E-state index in [2.05, 4.69) is 10.0 Å². The van der Waals surface area contributed by atoms with E-state index in [0.29, 0.717) is 53.8 Å². The van der Waals surface area contributed by atoms with E-state index in [-0.39, 0.29) is 29.9 Å². The summed E-state index contributed by atoms with van der Waals surface area (Å²) >= 11 is 0. The standard InChI is InChI=1S/C34H35N3O7S/c1-3-42-27-15-13-26(14-16-27)36-45(40,41)28-17-18-30(24(2)21-28)43-23-33(38)37-22-32(44-31-12-8-7-11-29(31)37)34(39)35-20-19-25-9-5-4-6-10-25/h4-18,21,32,36H,3,19-20,22-23H2,1-2H3,(H,35,39). The predicted octanol–water partition coefficient (Wildman–Crippen LogP) is 4.73. The molecule has 0 saturated carbocycles. The number of amides is 2. The molecule has 0 spiro atoms. The molecule has 0 saturated heterocycles. The van der Waals surface area contributed by atoms with Gasteiger partial charge in [0.2, 0.25) is 0 Å². The maximum atomic E-state index is 13.4. The van der Waals surface area contributed by atoms with Gasteiger partial charge in [-0.15, -0.1) is 0 Å². The van der Waals surface area contributed by atoms with Crippen molar-refractivity contribution in [1.29, 1.82) is 0 Å². The Labute approximate surface area is 263 Å². The fraction of sp³-hybridized carbons (Fsp3) is 0.235. The Morgan fingerprint density at radius 2 is 1.67 bits per heavy atom. The maximum Gasteiger partial charge on any atom is 0.265 e. The Hall–Kier alpha value is -5.03. The SMILES string of the molecule is CCOc1ccc(NS(=O)(=O)c2ccc(OCC(=O)N3CC(C(=O)NCCc4ccccc4)Oc4ccccc43)c(C)c2)cc1. The molecule has 1 aliphatic heterocycles. The van der Waals surface area contributed by atoms with E-state index in [1.807, 2.05) is 37.3 Å². The zero-order valence-electron chi connectivity index (χ0n) is 25.1. The second-order valence-corrected chi connectivity index (χ2v) is 12.1. The molecule has 10 nitrogen and oxygen atoms in total. The molecule has 5 rings (SSSR count). The largest absolute Gasteiger partial charge is 0.494 e. The zero-order chi connectivity index (χ0) is 31.8. The van der Waals surface area contributed by atoms with Crippen LogP contribution in [0.2, 0.25) is 0 Å². The van der Waals surface area contributed by atoms with Gasteiger partial charge in [0.1, 0.15) is 17.2 Å². The molecular weight excluding hydrogens is 594 g/mol. The van der Waals surface area contributed by atoms with Crippen molar-refractivity contribution < 1.29 is 32.2 Å². The molecule has 2 amide bonds. The number of anilines is 2. The maximum absolute atomic E-state index is 13.4. The summed E-state index contributed by atoms with van der Waals surface area (Å²) in [7, 11) is -3.87. The summed E-state index contributed by atoms with van der Waals surface area (Å²) < 4.78 is 45.7. The molecule has 4 aromatic carbocycles. The van der Waals surface area contributed by atoms with Crippen molar-refractivity contribution in [2.75, 3.05) is 35.9 Å². The Kier molecular flexibility index (Phi) is 9.89. The van der Waals surface area contributed by atoms with Crippen molar-refractivity contribution in [2.45, 2.75) is 31.3 Å². The molecule has 1 heterocycles. The highest BCUT2D eigenvalue weighted by molar-refractivity contribution is 7.92. The molecular formula is C34H35N3O7S. The van der Waals surface area contributed by atoms with E-state index >= 15 is 0 Å². The first kappa shape index (κ1) is 31.4. The van der Waals surface area contributed by atoms with Gasteiger partial charge >= 0.3 is 0 Å². The van der Waals surface area contributed by atoms with Gasteiger partial charge < -0.3 is 24.4 Å². The first-order valence-electron chi connectivity index (χ1n) is 14.6. The number of nitrogens with one attached hydrogen (secondary N) is 2. The summed E-state index contributed by atoms with van der Waals surface area (Å²) in [5.41, 5.74) is 2.58. The van der Waals surface area contributed by atoms with Crippen LogP contribution >= 0.6 is 0 Å². The molecule has 234 valence electrons. The number of carbonyl (C=O) groups excluding carboxylic acids is 2. The van der Waals surface area contributed by atoms with Gasteiger partial charge in [0.25, 0.3) is 21.8 Å². The third kappa shape index (κ3) is 7.93. The fourth-order valence-corrected chi connectivity index (χ4v) is 6.01. The van der Waals surface area contributed by atoms with Gasteiger partial charge in [-0.3, -0.25) is 14.3 Å². The molecule has 1 unspecified atom stereocenters. The van der Waals surface area contributed by atoms with Crippen LogP contribution < -0.4 is 29.1 Å². The summed E-state index contributed by atoms with van der Waals surface area (Å²) in [5.74, 6) is 0.739. The van der Waals surface area contributed by atoms with Crippen LogP contribution in [0.5, 0.6) is 17.2 Å². The molecule has 0 aromatic heterocycles.